The molecule has 2 amide bonds. The summed E-state index contributed by atoms with van der Waals surface area (Å²) < 4.78 is 15.8. The Kier molecular flexibility index (Phi) is 5.21. The van der Waals surface area contributed by atoms with Crippen molar-refractivity contribution in [2.75, 3.05) is 38.0 Å². The number of imidazole rings is 1. The van der Waals surface area contributed by atoms with Gasteiger partial charge in [0.1, 0.15) is 17.2 Å². The number of nitrogens with one attached hydrogen (secondary N) is 1. The van der Waals surface area contributed by atoms with Crippen LogP contribution in [0.4, 0.5) is 14.9 Å². The van der Waals surface area contributed by atoms with Gasteiger partial charge in [-0.1, -0.05) is 12.1 Å². The SMILES string of the molecule is Cc1nc2cccnc2n1CCN1CCN(C(=O)Nc2ccccc2F)CC1. The molecule has 3 heterocycles. The number of piperazine rings is 1. The summed E-state index contributed by atoms with van der Waals surface area (Å²) in [5.41, 5.74) is 2.03. The third kappa shape index (κ3) is 3.82. The molecule has 0 unspecified atom stereocenters. The van der Waals surface area contributed by atoms with Crippen LogP contribution in [0.1, 0.15) is 5.82 Å². The molecule has 1 aliphatic heterocycles. The van der Waals surface area contributed by atoms with Gasteiger partial charge in [0.25, 0.3) is 0 Å². The number of urea groups is 1. The van der Waals surface area contributed by atoms with E-state index in [-0.39, 0.29) is 11.7 Å². The highest BCUT2D eigenvalue weighted by atomic mass is 19.1. The van der Waals surface area contributed by atoms with Crippen molar-refractivity contribution in [2.24, 2.45) is 0 Å². The zero-order valence-corrected chi connectivity index (χ0v) is 15.8. The number of nitrogens with zero attached hydrogens (tertiary/aromatic N) is 5. The minimum Gasteiger partial charge on any atom is -0.322 e. The molecule has 8 heteroatoms. The van der Waals surface area contributed by atoms with Crippen LogP contribution in [0.25, 0.3) is 11.2 Å². The molecule has 7 nitrogen and oxygen atoms in total. The van der Waals surface area contributed by atoms with Crippen molar-refractivity contribution in [3.63, 3.8) is 0 Å². The number of para-hydroxylation sites is 1. The molecule has 0 aliphatic carbocycles. The first-order valence-electron chi connectivity index (χ1n) is 9.42. The van der Waals surface area contributed by atoms with Crippen LogP contribution in [-0.2, 0) is 6.54 Å². The summed E-state index contributed by atoms with van der Waals surface area (Å²) >= 11 is 0. The number of hydrogen-bond acceptors (Lipinski definition) is 4. The van der Waals surface area contributed by atoms with Crippen LogP contribution in [-0.4, -0.2) is 63.1 Å². The summed E-state index contributed by atoms with van der Waals surface area (Å²) in [5, 5.41) is 2.65. The number of benzene rings is 1. The molecule has 1 fully saturated rings. The van der Waals surface area contributed by atoms with Gasteiger partial charge in [-0.15, -0.1) is 0 Å². The molecule has 2 aromatic heterocycles. The van der Waals surface area contributed by atoms with E-state index in [1.807, 2.05) is 19.1 Å². The van der Waals surface area contributed by atoms with Crippen molar-refractivity contribution < 1.29 is 9.18 Å². The van der Waals surface area contributed by atoms with E-state index in [0.29, 0.717) is 13.1 Å². The monoisotopic (exact) mass is 382 g/mol. The van der Waals surface area contributed by atoms with Crippen molar-refractivity contribution in [2.45, 2.75) is 13.5 Å². The number of hydrogen-bond donors (Lipinski definition) is 1. The summed E-state index contributed by atoms with van der Waals surface area (Å²) in [6.45, 7) is 6.46. The van der Waals surface area contributed by atoms with E-state index in [2.05, 4.69) is 24.8 Å². The minimum atomic E-state index is -0.425. The summed E-state index contributed by atoms with van der Waals surface area (Å²) in [4.78, 5) is 25.4. The molecule has 0 saturated carbocycles. The molecule has 0 bridgehead atoms. The summed E-state index contributed by atoms with van der Waals surface area (Å²) in [5.74, 6) is 0.530. The maximum absolute atomic E-state index is 13.7. The van der Waals surface area contributed by atoms with Gasteiger partial charge < -0.3 is 14.8 Å². The Morgan fingerprint density at radius 3 is 2.68 bits per heavy atom. The lowest BCUT2D eigenvalue weighted by Crippen LogP contribution is -2.50. The maximum atomic E-state index is 13.7. The second kappa shape index (κ2) is 7.93. The number of carbonyl (C=O) groups is 1. The Hall–Kier alpha value is -3.00. The van der Waals surface area contributed by atoms with Crippen LogP contribution < -0.4 is 5.32 Å². The molecular formula is C20H23FN6O. The van der Waals surface area contributed by atoms with Crippen LogP contribution in [0, 0.1) is 12.7 Å². The fraction of sp³-hybridized carbons (Fsp3) is 0.350. The van der Waals surface area contributed by atoms with Gasteiger partial charge in [-0.3, -0.25) is 4.90 Å². The quantitative estimate of drug-likeness (QED) is 0.754. The van der Waals surface area contributed by atoms with Gasteiger partial charge in [0.05, 0.1) is 5.69 Å². The van der Waals surface area contributed by atoms with E-state index >= 15 is 0 Å². The van der Waals surface area contributed by atoms with E-state index in [9.17, 15) is 9.18 Å². The first-order chi connectivity index (χ1) is 13.6. The molecule has 1 N–H and O–H groups in total. The Bertz CT molecular complexity index is 980. The summed E-state index contributed by atoms with van der Waals surface area (Å²) in [6, 6.07) is 9.81. The van der Waals surface area contributed by atoms with E-state index in [1.165, 1.54) is 6.07 Å². The molecule has 0 atom stereocenters. The Labute approximate surface area is 162 Å². The summed E-state index contributed by atoms with van der Waals surface area (Å²) in [7, 11) is 0. The predicted octanol–water partition coefficient (Wildman–Crippen LogP) is 2.73. The van der Waals surface area contributed by atoms with E-state index in [1.54, 1.807) is 29.3 Å². The molecule has 1 aliphatic rings. The number of carbonyl (C=O) groups excluding carboxylic acids is 1. The fourth-order valence-electron chi connectivity index (χ4n) is 3.51. The van der Waals surface area contributed by atoms with Crippen LogP contribution in [0.3, 0.4) is 0 Å². The average molecular weight is 382 g/mol. The van der Waals surface area contributed by atoms with Gasteiger partial charge in [0, 0.05) is 45.5 Å². The molecular weight excluding hydrogens is 359 g/mol. The normalized spacial score (nSPS) is 15.1. The lowest BCUT2D eigenvalue weighted by atomic mass is 10.3. The van der Waals surface area contributed by atoms with Gasteiger partial charge >= 0.3 is 6.03 Å². The highest BCUT2D eigenvalue weighted by Gasteiger charge is 2.22. The molecule has 3 aromatic rings. The minimum absolute atomic E-state index is 0.213. The number of halogens is 1. The number of amides is 2. The van der Waals surface area contributed by atoms with Crippen molar-refractivity contribution in [1.82, 2.24) is 24.3 Å². The van der Waals surface area contributed by atoms with Crippen LogP contribution in [0.15, 0.2) is 42.6 Å². The lowest BCUT2D eigenvalue weighted by Gasteiger charge is -2.34. The molecule has 28 heavy (non-hydrogen) atoms. The lowest BCUT2D eigenvalue weighted by molar-refractivity contribution is 0.144. The third-order valence-electron chi connectivity index (χ3n) is 5.11. The van der Waals surface area contributed by atoms with Crippen molar-refractivity contribution in [3.8, 4) is 0 Å². The van der Waals surface area contributed by atoms with E-state index in [4.69, 9.17) is 0 Å². The van der Waals surface area contributed by atoms with Crippen LogP contribution in [0.2, 0.25) is 0 Å². The number of rotatable bonds is 4. The predicted molar refractivity (Wildman–Crippen MR) is 106 cm³/mol. The third-order valence-corrected chi connectivity index (χ3v) is 5.11. The second-order valence-corrected chi connectivity index (χ2v) is 6.90. The first kappa shape index (κ1) is 18.4. The molecule has 146 valence electrons. The molecule has 1 saturated heterocycles. The van der Waals surface area contributed by atoms with Gasteiger partial charge in [-0.25, -0.2) is 19.2 Å². The topological polar surface area (TPSA) is 66.3 Å². The molecule has 4 rings (SSSR count). The van der Waals surface area contributed by atoms with Crippen molar-refractivity contribution >= 4 is 22.9 Å². The van der Waals surface area contributed by atoms with Crippen LogP contribution in [0.5, 0.6) is 0 Å². The Morgan fingerprint density at radius 1 is 1.11 bits per heavy atom. The van der Waals surface area contributed by atoms with Gasteiger partial charge in [0.15, 0.2) is 5.65 Å². The smallest absolute Gasteiger partial charge is 0.322 e. The van der Waals surface area contributed by atoms with Crippen LogP contribution >= 0.6 is 0 Å². The van der Waals surface area contributed by atoms with E-state index < -0.39 is 5.82 Å². The molecule has 0 radical (unpaired) electrons. The highest BCUT2D eigenvalue weighted by molar-refractivity contribution is 5.89. The number of pyridine rings is 1. The molecule has 1 aromatic carbocycles. The van der Waals surface area contributed by atoms with Crippen molar-refractivity contribution in [3.05, 3.63) is 54.2 Å². The van der Waals surface area contributed by atoms with E-state index in [0.717, 1.165) is 43.2 Å². The largest absolute Gasteiger partial charge is 0.322 e. The number of fused-ring (bicyclic) bond motifs is 1. The Morgan fingerprint density at radius 2 is 1.89 bits per heavy atom. The average Bonchev–Trinajstić information content (AvgIpc) is 3.03. The number of aryl methyl sites for hydroxylation is 1. The summed E-state index contributed by atoms with van der Waals surface area (Å²) in [6.07, 6.45) is 1.78. The van der Waals surface area contributed by atoms with Gasteiger partial charge in [-0.2, -0.15) is 0 Å². The first-order valence-corrected chi connectivity index (χ1v) is 9.42. The zero-order chi connectivity index (χ0) is 19.5. The standard InChI is InChI=1S/C20H23FN6O/c1-15-23-18-7-4-8-22-19(18)27(15)14-11-25-9-12-26(13-10-25)20(28)24-17-6-3-2-5-16(17)21/h2-8H,9-14H2,1H3,(H,24,28). The zero-order valence-electron chi connectivity index (χ0n) is 15.8. The fourth-order valence-corrected chi connectivity index (χ4v) is 3.51. The highest BCUT2D eigenvalue weighted by Crippen LogP contribution is 2.15. The van der Waals surface area contributed by atoms with Gasteiger partial charge in [0.2, 0.25) is 0 Å². The Balaban J connectivity index is 1.30. The van der Waals surface area contributed by atoms with Gasteiger partial charge in [-0.05, 0) is 31.2 Å². The maximum Gasteiger partial charge on any atom is 0.322 e. The number of aromatic nitrogens is 3. The number of anilines is 1. The van der Waals surface area contributed by atoms with Crippen molar-refractivity contribution in [1.29, 1.82) is 0 Å². The second-order valence-electron chi connectivity index (χ2n) is 6.90. The molecule has 0 spiro atoms.